The van der Waals surface area contributed by atoms with E-state index < -0.39 is 0 Å². The van der Waals surface area contributed by atoms with Gasteiger partial charge in [0, 0.05) is 30.9 Å². The summed E-state index contributed by atoms with van der Waals surface area (Å²) >= 11 is 5.42. The van der Waals surface area contributed by atoms with E-state index in [-0.39, 0.29) is 0 Å². The fourth-order valence-corrected chi connectivity index (χ4v) is 2.42. The van der Waals surface area contributed by atoms with Crippen LogP contribution in [0.25, 0.3) is 0 Å². The van der Waals surface area contributed by atoms with Crippen molar-refractivity contribution < 1.29 is 18.9 Å². The largest absolute Gasteiger partial charge is 0.493 e. The Morgan fingerprint density at radius 3 is 2.14 bits per heavy atom. The van der Waals surface area contributed by atoms with Crippen LogP contribution in [0.1, 0.15) is 0 Å². The highest BCUT2D eigenvalue weighted by Gasteiger charge is 2.17. The zero-order valence-corrected chi connectivity index (χ0v) is 13.3. The molecule has 1 aromatic carbocycles. The minimum atomic E-state index is 0.558. The molecule has 1 heterocycles. The molecule has 0 spiro atoms. The number of methoxy groups -OCH3 is 3. The molecule has 6 nitrogen and oxygen atoms in total. The van der Waals surface area contributed by atoms with Crippen LogP contribution in [0.2, 0.25) is 0 Å². The molecule has 0 atom stereocenters. The first kappa shape index (κ1) is 15.7. The highest BCUT2D eigenvalue weighted by atomic mass is 32.1. The van der Waals surface area contributed by atoms with E-state index in [1.807, 2.05) is 12.1 Å². The summed E-state index contributed by atoms with van der Waals surface area (Å²) in [5, 5.41) is 3.86. The minimum absolute atomic E-state index is 0.558. The highest BCUT2D eigenvalue weighted by molar-refractivity contribution is 7.80. The van der Waals surface area contributed by atoms with Gasteiger partial charge in [-0.15, -0.1) is 0 Å². The Kier molecular flexibility index (Phi) is 5.46. The molecule has 1 N–H and O–H groups in total. The second-order valence-electron chi connectivity index (χ2n) is 4.44. The van der Waals surface area contributed by atoms with Crippen LogP contribution < -0.4 is 19.5 Å². The molecule has 1 aromatic rings. The number of hydrogen-bond acceptors (Lipinski definition) is 5. The van der Waals surface area contributed by atoms with E-state index >= 15 is 0 Å². The molecular weight excluding hydrogens is 292 g/mol. The zero-order valence-electron chi connectivity index (χ0n) is 12.5. The Labute approximate surface area is 129 Å². The van der Waals surface area contributed by atoms with Crippen LogP contribution in [0.4, 0.5) is 5.69 Å². The first-order valence-corrected chi connectivity index (χ1v) is 7.04. The summed E-state index contributed by atoms with van der Waals surface area (Å²) in [7, 11) is 4.74. The van der Waals surface area contributed by atoms with Crippen LogP contribution >= 0.6 is 12.2 Å². The third kappa shape index (κ3) is 3.68. The number of nitrogens with one attached hydrogen (secondary N) is 1. The van der Waals surface area contributed by atoms with Crippen molar-refractivity contribution in [3.8, 4) is 17.2 Å². The molecule has 0 radical (unpaired) electrons. The minimum Gasteiger partial charge on any atom is -0.493 e. The molecule has 2 rings (SSSR count). The van der Waals surface area contributed by atoms with Gasteiger partial charge < -0.3 is 29.2 Å². The number of benzene rings is 1. The molecule has 1 aliphatic heterocycles. The first-order chi connectivity index (χ1) is 10.2. The zero-order chi connectivity index (χ0) is 15.2. The first-order valence-electron chi connectivity index (χ1n) is 6.63. The fraction of sp³-hybridized carbons (Fsp3) is 0.500. The van der Waals surface area contributed by atoms with Crippen molar-refractivity contribution >= 4 is 23.0 Å². The van der Waals surface area contributed by atoms with Crippen molar-refractivity contribution in [2.75, 3.05) is 52.9 Å². The van der Waals surface area contributed by atoms with Crippen molar-refractivity contribution in [1.29, 1.82) is 0 Å². The maximum absolute atomic E-state index is 5.42. The van der Waals surface area contributed by atoms with Gasteiger partial charge in [-0.1, -0.05) is 0 Å². The van der Waals surface area contributed by atoms with Gasteiger partial charge in [-0.05, 0) is 12.2 Å². The molecule has 0 aliphatic carbocycles. The summed E-state index contributed by atoms with van der Waals surface area (Å²) in [6.45, 7) is 2.96. The van der Waals surface area contributed by atoms with E-state index in [9.17, 15) is 0 Å². The molecule has 7 heteroatoms. The molecule has 0 saturated carbocycles. The van der Waals surface area contributed by atoms with E-state index in [2.05, 4.69) is 10.2 Å². The number of morpholine rings is 1. The average Bonchev–Trinajstić information content (AvgIpc) is 2.54. The fourth-order valence-electron chi connectivity index (χ4n) is 2.12. The molecule has 116 valence electrons. The monoisotopic (exact) mass is 312 g/mol. The molecule has 1 aliphatic rings. The van der Waals surface area contributed by atoms with E-state index in [0.29, 0.717) is 35.6 Å². The molecule has 0 unspecified atom stereocenters. The van der Waals surface area contributed by atoms with E-state index in [1.54, 1.807) is 21.3 Å². The lowest BCUT2D eigenvalue weighted by atomic mass is 10.2. The number of nitrogens with zero attached hydrogens (tertiary/aromatic N) is 1. The molecule has 21 heavy (non-hydrogen) atoms. The van der Waals surface area contributed by atoms with Gasteiger partial charge in [-0.2, -0.15) is 0 Å². The van der Waals surface area contributed by atoms with Gasteiger partial charge >= 0.3 is 0 Å². The van der Waals surface area contributed by atoms with Crippen LogP contribution in [0.3, 0.4) is 0 Å². The molecule has 0 bridgehead atoms. The van der Waals surface area contributed by atoms with Crippen molar-refractivity contribution in [2.45, 2.75) is 0 Å². The lowest BCUT2D eigenvalue weighted by Gasteiger charge is -2.29. The van der Waals surface area contributed by atoms with Crippen LogP contribution in [-0.4, -0.2) is 57.6 Å². The maximum Gasteiger partial charge on any atom is 0.203 e. The standard InChI is InChI=1S/C14H20N2O4S/c1-17-11-8-10(9-12(18-2)13(11)19-3)15-14(21)16-4-6-20-7-5-16/h8-9H,4-7H2,1-3H3,(H,15,21). The number of hydrogen-bond donors (Lipinski definition) is 1. The smallest absolute Gasteiger partial charge is 0.203 e. The number of thiocarbonyl (C=S) groups is 1. The van der Waals surface area contributed by atoms with Crippen LogP contribution in [0, 0.1) is 0 Å². The summed E-state index contributed by atoms with van der Waals surface area (Å²) < 4.78 is 21.3. The average molecular weight is 312 g/mol. The summed E-state index contributed by atoms with van der Waals surface area (Å²) in [5.41, 5.74) is 0.793. The molecule has 1 saturated heterocycles. The summed E-state index contributed by atoms with van der Waals surface area (Å²) in [4.78, 5) is 2.07. The molecule has 0 aromatic heterocycles. The van der Waals surface area contributed by atoms with Crippen LogP contribution in [0.15, 0.2) is 12.1 Å². The van der Waals surface area contributed by atoms with Crippen LogP contribution in [0.5, 0.6) is 17.2 Å². The van der Waals surface area contributed by atoms with Crippen molar-refractivity contribution in [3.05, 3.63) is 12.1 Å². The van der Waals surface area contributed by atoms with Crippen molar-refractivity contribution in [1.82, 2.24) is 4.90 Å². The van der Waals surface area contributed by atoms with Gasteiger partial charge in [0.2, 0.25) is 5.75 Å². The summed E-state index contributed by atoms with van der Waals surface area (Å²) in [5.74, 6) is 1.73. The Morgan fingerprint density at radius 1 is 1.10 bits per heavy atom. The van der Waals surface area contributed by atoms with Gasteiger partial charge in [0.05, 0.1) is 34.5 Å². The van der Waals surface area contributed by atoms with Crippen LogP contribution in [-0.2, 0) is 4.74 Å². The second-order valence-corrected chi connectivity index (χ2v) is 4.83. The van der Waals surface area contributed by atoms with Crippen molar-refractivity contribution in [2.24, 2.45) is 0 Å². The Hall–Kier alpha value is -1.73. The lowest BCUT2D eigenvalue weighted by Crippen LogP contribution is -2.42. The molecule has 1 fully saturated rings. The highest BCUT2D eigenvalue weighted by Crippen LogP contribution is 2.39. The molecular formula is C14H20N2O4S. The third-order valence-electron chi connectivity index (χ3n) is 3.21. The second kappa shape index (κ2) is 7.33. The van der Waals surface area contributed by atoms with E-state index in [1.165, 1.54) is 0 Å². The number of anilines is 1. The molecule has 0 amide bonds. The SMILES string of the molecule is COc1cc(NC(=S)N2CCOCC2)cc(OC)c1OC. The van der Waals surface area contributed by atoms with Crippen molar-refractivity contribution in [3.63, 3.8) is 0 Å². The van der Waals surface area contributed by atoms with E-state index in [0.717, 1.165) is 18.8 Å². The topological polar surface area (TPSA) is 52.2 Å². The summed E-state index contributed by atoms with van der Waals surface area (Å²) in [6, 6.07) is 3.65. The Bertz CT molecular complexity index is 479. The van der Waals surface area contributed by atoms with Gasteiger partial charge in [-0.3, -0.25) is 0 Å². The number of rotatable bonds is 4. The normalized spacial score (nSPS) is 14.5. The van der Waals surface area contributed by atoms with Gasteiger partial charge in [0.1, 0.15) is 0 Å². The maximum atomic E-state index is 5.42. The quantitative estimate of drug-likeness (QED) is 0.850. The lowest BCUT2D eigenvalue weighted by molar-refractivity contribution is 0.0690. The predicted molar refractivity (Wildman–Crippen MR) is 84.7 cm³/mol. The third-order valence-corrected chi connectivity index (χ3v) is 3.57. The van der Waals surface area contributed by atoms with Gasteiger partial charge in [-0.25, -0.2) is 0 Å². The summed E-state index contributed by atoms with van der Waals surface area (Å²) in [6.07, 6.45) is 0. The predicted octanol–water partition coefficient (Wildman–Crippen LogP) is 1.74. The van der Waals surface area contributed by atoms with E-state index in [4.69, 9.17) is 31.2 Å². The Morgan fingerprint density at radius 2 is 1.67 bits per heavy atom. The van der Waals surface area contributed by atoms with Gasteiger partial charge in [0.15, 0.2) is 16.6 Å². The Balaban J connectivity index is 2.17. The number of ether oxygens (including phenoxy) is 4. The van der Waals surface area contributed by atoms with Gasteiger partial charge in [0.25, 0.3) is 0 Å².